The van der Waals surface area contributed by atoms with Crippen molar-refractivity contribution in [3.05, 3.63) is 47.5 Å². The molecule has 1 atom stereocenters. The highest BCUT2D eigenvalue weighted by molar-refractivity contribution is 7.89. The van der Waals surface area contributed by atoms with Crippen molar-refractivity contribution in [3.8, 4) is 0 Å². The highest BCUT2D eigenvalue weighted by Crippen LogP contribution is 2.26. The van der Waals surface area contributed by atoms with Gasteiger partial charge in [0.05, 0.1) is 6.10 Å². The summed E-state index contributed by atoms with van der Waals surface area (Å²) in [6, 6.07) is 7.64. The molecule has 0 aliphatic heterocycles. The maximum Gasteiger partial charge on any atom is 0.246 e. The highest BCUT2D eigenvalue weighted by Gasteiger charge is 2.25. The Morgan fingerprint density at radius 1 is 1.33 bits per heavy atom. The molecule has 24 heavy (non-hydrogen) atoms. The molecule has 0 aliphatic carbocycles. The van der Waals surface area contributed by atoms with Gasteiger partial charge in [-0.05, 0) is 19.9 Å². The van der Waals surface area contributed by atoms with Gasteiger partial charge in [0.2, 0.25) is 10.0 Å². The minimum Gasteiger partial charge on any atom is -0.387 e. The molecule has 3 rings (SSSR count). The van der Waals surface area contributed by atoms with Crippen molar-refractivity contribution in [3.63, 3.8) is 0 Å². The van der Waals surface area contributed by atoms with E-state index in [4.69, 9.17) is 4.52 Å². The molecule has 7 nitrogen and oxygen atoms in total. The van der Waals surface area contributed by atoms with Crippen LogP contribution in [-0.4, -0.2) is 29.8 Å². The molecule has 8 heteroatoms. The van der Waals surface area contributed by atoms with Gasteiger partial charge in [-0.2, -0.15) is 0 Å². The fraction of sp³-hybridized carbons (Fsp3) is 0.312. The first-order chi connectivity index (χ1) is 11.3. The van der Waals surface area contributed by atoms with E-state index in [1.807, 2.05) is 35.9 Å². The third-order valence-corrected chi connectivity index (χ3v) is 5.66. The number of hydrogen-bond donors (Lipinski definition) is 2. The number of benzene rings is 1. The van der Waals surface area contributed by atoms with Crippen LogP contribution in [0.15, 0.2) is 39.9 Å². The van der Waals surface area contributed by atoms with Gasteiger partial charge in [0.15, 0.2) is 5.76 Å². The van der Waals surface area contributed by atoms with E-state index in [0.717, 1.165) is 10.9 Å². The molecule has 1 aromatic carbocycles. The molecule has 0 radical (unpaired) electrons. The van der Waals surface area contributed by atoms with Crippen LogP contribution in [0.25, 0.3) is 10.9 Å². The molecule has 0 spiro atoms. The SMILES string of the molecule is Cc1noc(C)c1S(=O)(=O)NCC(O)c1cn(C)c2ccccc12. The van der Waals surface area contributed by atoms with Gasteiger partial charge in [-0.15, -0.1) is 0 Å². The Morgan fingerprint density at radius 2 is 2.04 bits per heavy atom. The molecule has 128 valence electrons. The number of fused-ring (bicyclic) bond motifs is 1. The van der Waals surface area contributed by atoms with Crippen molar-refractivity contribution in [1.82, 2.24) is 14.4 Å². The van der Waals surface area contributed by atoms with Crippen molar-refractivity contribution in [1.29, 1.82) is 0 Å². The van der Waals surface area contributed by atoms with Crippen LogP contribution in [0.2, 0.25) is 0 Å². The Morgan fingerprint density at radius 3 is 2.71 bits per heavy atom. The molecular formula is C16H19N3O4S. The molecular weight excluding hydrogens is 330 g/mol. The zero-order valence-corrected chi connectivity index (χ0v) is 14.5. The van der Waals surface area contributed by atoms with E-state index in [9.17, 15) is 13.5 Å². The van der Waals surface area contributed by atoms with Crippen molar-refractivity contribution in [2.45, 2.75) is 24.8 Å². The van der Waals surface area contributed by atoms with Crippen LogP contribution in [-0.2, 0) is 17.1 Å². The number of aryl methyl sites for hydroxylation is 3. The number of nitrogens with zero attached hydrogens (tertiary/aromatic N) is 2. The largest absolute Gasteiger partial charge is 0.387 e. The van der Waals surface area contributed by atoms with Gasteiger partial charge in [0.25, 0.3) is 0 Å². The predicted octanol–water partition coefficient (Wildman–Crippen LogP) is 1.80. The Hall–Kier alpha value is -2.16. The highest BCUT2D eigenvalue weighted by atomic mass is 32.2. The molecule has 0 aliphatic rings. The third-order valence-electron chi connectivity index (χ3n) is 3.99. The average molecular weight is 349 g/mol. The minimum absolute atomic E-state index is 0.0209. The number of aromatic nitrogens is 2. The zero-order valence-electron chi connectivity index (χ0n) is 13.6. The van der Waals surface area contributed by atoms with E-state index in [1.54, 1.807) is 13.1 Å². The predicted molar refractivity (Wildman–Crippen MR) is 89.0 cm³/mol. The molecule has 2 aromatic heterocycles. The summed E-state index contributed by atoms with van der Waals surface area (Å²) >= 11 is 0. The Kier molecular flexibility index (Phi) is 4.20. The number of sulfonamides is 1. The van der Waals surface area contributed by atoms with Crippen LogP contribution in [0.4, 0.5) is 0 Å². The summed E-state index contributed by atoms with van der Waals surface area (Å²) in [4.78, 5) is 0.0209. The smallest absolute Gasteiger partial charge is 0.246 e. The maximum atomic E-state index is 12.4. The van der Waals surface area contributed by atoms with Crippen LogP contribution >= 0.6 is 0 Å². The first kappa shape index (κ1) is 16.7. The lowest BCUT2D eigenvalue weighted by Gasteiger charge is -2.11. The Balaban J connectivity index is 1.84. The molecule has 0 bridgehead atoms. The molecule has 0 fully saturated rings. The fourth-order valence-corrected chi connectivity index (χ4v) is 4.23. The summed E-state index contributed by atoms with van der Waals surface area (Å²) in [6.45, 7) is 2.96. The van der Waals surface area contributed by atoms with Crippen molar-refractivity contribution < 1.29 is 18.0 Å². The van der Waals surface area contributed by atoms with Crippen LogP contribution in [0, 0.1) is 13.8 Å². The van der Waals surface area contributed by atoms with E-state index in [-0.39, 0.29) is 17.2 Å². The summed E-state index contributed by atoms with van der Waals surface area (Å²) in [7, 11) is -1.92. The second-order valence-corrected chi connectivity index (χ2v) is 7.44. The third kappa shape index (κ3) is 2.83. The van der Waals surface area contributed by atoms with E-state index < -0.39 is 16.1 Å². The molecule has 0 saturated heterocycles. The quantitative estimate of drug-likeness (QED) is 0.732. The van der Waals surface area contributed by atoms with Crippen LogP contribution in [0.5, 0.6) is 0 Å². The normalized spacial score (nSPS) is 13.5. The first-order valence-corrected chi connectivity index (χ1v) is 8.94. The molecule has 0 amide bonds. The van der Waals surface area contributed by atoms with Crippen molar-refractivity contribution in [2.75, 3.05) is 6.54 Å². The van der Waals surface area contributed by atoms with Crippen molar-refractivity contribution >= 4 is 20.9 Å². The van der Waals surface area contributed by atoms with Crippen LogP contribution in [0.1, 0.15) is 23.1 Å². The second kappa shape index (κ2) is 6.04. The number of para-hydroxylation sites is 1. The van der Waals surface area contributed by atoms with Crippen molar-refractivity contribution in [2.24, 2.45) is 7.05 Å². The number of hydrogen-bond acceptors (Lipinski definition) is 5. The lowest BCUT2D eigenvalue weighted by Crippen LogP contribution is -2.29. The van der Waals surface area contributed by atoms with E-state index in [2.05, 4.69) is 9.88 Å². The van der Waals surface area contributed by atoms with E-state index in [0.29, 0.717) is 11.3 Å². The van der Waals surface area contributed by atoms with E-state index in [1.165, 1.54) is 6.92 Å². The summed E-state index contributed by atoms with van der Waals surface area (Å²) in [5.41, 5.74) is 1.94. The zero-order chi connectivity index (χ0) is 17.5. The Labute approximate surface area is 139 Å². The summed E-state index contributed by atoms with van der Waals surface area (Å²) in [6.07, 6.45) is 0.839. The number of rotatable bonds is 5. The number of nitrogens with one attached hydrogen (secondary N) is 1. The van der Waals surface area contributed by atoms with Gasteiger partial charge in [-0.3, -0.25) is 0 Å². The molecule has 2 heterocycles. The number of aliphatic hydroxyl groups is 1. The average Bonchev–Trinajstić information content (AvgIpc) is 3.06. The van der Waals surface area contributed by atoms with Crippen LogP contribution in [0.3, 0.4) is 0 Å². The van der Waals surface area contributed by atoms with Gasteiger partial charge in [0, 0.05) is 36.3 Å². The molecule has 2 N–H and O–H groups in total. The van der Waals surface area contributed by atoms with Gasteiger partial charge < -0.3 is 14.2 Å². The minimum atomic E-state index is -3.80. The molecule has 1 unspecified atom stereocenters. The summed E-state index contributed by atoms with van der Waals surface area (Å²) in [5, 5.41) is 15.0. The van der Waals surface area contributed by atoms with E-state index >= 15 is 0 Å². The monoisotopic (exact) mass is 349 g/mol. The van der Waals surface area contributed by atoms with Crippen LogP contribution < -0.4 is 4.72 Å². The summed E-state index contributed by atoms with van der Waals surface area (Å²) < 4.78 is 34.1. The fourth-order valence-electron chi connectivity index (χ4n) is 2.87. The van der Waals surface area contributed by atoms with Gasteiger partial charge >= 0.3 is 0 Å². The van der Waals surface area contributed by atoms with Gasteiger partial charge in [0.1, 0.15) is 10.6 Å². The summed E-state index contributed by atoms with van der Waals surface area (Å²) in [5.74, 6) is 0.222. The topological polar surface area (TPSA) is 97.4 Å². The second-order valence-electron chi connectivity index (χ2n) is 5.73. The molecule has 3 aromatic rings. The number of aliphatic hydroxyl groups excluding tert-OH is 1. The maximum absolute atomic E-state index is 12.4. The first-order valence-electron chi connectivity index (χ1n) is 7.46. The van der Waals surface area contributed by atoms with Gasteiger partial charge in [-0.25, -0.2) is 13.1 Å². The lowest BCUT2D eigenvalue weighted by atomic mass is 10.1. The Bertz CT molecular complexity index is 969. The lowest BCUT2D eigenvalue weighted by molar-refractivity contribution is 0.183. The standard InChI is InChI=1S/C16H19N3O4S/c1-10-16(11(2)23-18-10)24(21,22)17-8-15(20)13-9-19(3)14-7-5-4-6-12(13)14/h4-7,9,15,17,20H,8H2,1-3H3. The van der Waals surface area contributed by atoms with Gasteiger partial charge in [-0.1, -0.05) is 23.4 Å². The molecule has 0 saturated carbocycles.